The molecule has 0 saturated carbocycles. The number of benzene rings is 4. The van der Waals surface area contributed by atoms with Gasteiger partial charge in [0.25, 0.3) is 0 Å². The summed E-state index contributed by atoms with van der Waals surface area (Å²) in [6.45, 7) is 7.97. The van der Waals surface area contributed by atoms with Gasteiger partial charge in [0.05, 0.1) is 14.3 Å². The summed E-state index contributed by atoms with van der Waals surface area (Å²) in [4.78, 5) is 8.83. The van der Waals surface area contributed by atoms with E-state index in [1.54, 1.807) is 29.7 Å². The zero-order valence-electron chi connectivity index (χ0n) is 33.7. The molecule has 0 aliphatic heterocycles. The zero-order valence-corrected chi connectivity index (χ0v) is 31.9. The Hall–Kier alpha value is -3.80. The van der Waals surface area contributed by atoms with Gasteiger partial charge in [-0.1, -0.05) is 85.5 Å². The normalized spacial score (nSPS) is 13.6. The van der Waals surface area contributed by atoms with Crippen molar-refractivity contribution in [1.82, 2.24) is 9.97 Å². The van der Waals surface area contributed by atoms with Gasteiger partial charge in [0.1, 0.15) is 5.82 Å². The van der Waals surface area contributed by atoms with E-state index < -0.39 is 21.8 Å². The zero-order chi connectivity index (χ0) is 38.5. The number of aryl methyl sites for hydroxylation is 5. The molecule has 0 unspecified atom stereocenters. The number of aromatic nitrogens is 2. The second-order valence-electron chi connectivity index (χ2n) is 12.9. The summed E-state index contributed by atoms with van der Waals surface area (Å²) in [6, 6.07) is 30.8. The van der Waals surface area contributed by atoms with Crippen LogP contribution in [0.4, 0.5) is 4.39 Å². The van der Waals surface area contributed by atoms with E-state index in [1.165, 1.54) is 39.4 Å². The van der Waals surface area contributed by atoms with Gasteiger partial charge >= 0.3 is 0 Å². The molecule has 4 aromatic carbocycles. The average molecular weight is 849 g/mol. The van der Waals surface area contributed by atoms with Crippen molar-refractivity contribution in [3.05, 3.63) is 137 Å². The van der Waals surface area contributed by atoms with Crippen LogP contribution in [0.25, 0.3) is 53.8 Å². The molecule has 3 heterocycles. The molecule has 0 aliphatic carbocycles. The number of hydrogen-bond donors (Lipinski definition) is 0. The molecular weight excluding hydrogens is 804 g/mol. The maximum absolute atomic E-state index is 14.8. The molecule has 48 heavy (non-hydrogen) atoms. The van der Waals surface area contributed by atoms with E-state index in [1.807, 2.05) is 26.0 Å². The van der Waals surface area contributed by atoms with Crippen LogP contribution >= 0.6 is 11.3 Å². The van der Waals surface area contributed by atoms with Crippen molar-refractivity contribution in [2.75, 3.05) is 0 Å². The molecule has 0 atom stereocenters. The average Bonchev–Trinajstić information content (AvgIpc) is 3.47. The number of pyridine rings is 2. The first-order valence-electron chi connectivity index (χ1n) is 18.4. The van der Waals surface area contributed by atoms with Crippen LogP contribution in [0.1, 0.15) is 36.0 Å². The van der Waals surface area contributed by atoms with Crippen LogP contribution in [0.3, 0.4) is 0 Å². The minimum absolute atomic E-state index is 0. The summed E-state index contributed by atoms with van der Waals surface area (Å²) in [7, 11) is -1.85. The molecule has 0 saturated heterocycles. The first-order valence-corrected chi connectivity index (χ1v) is 19.7. The molecule has 0 N–H and O–H groups in total. The second-order valence-corrected chi connectivity index (χ2v) is 19.0. The minimum Gasteiger partial charge on any atom is -0.305 e. The van der Waals surface area contributed by atoms with Crippen LogP contribution in [0, 0.1) is 52.4 Å². The van der Waals surface area contributed by atoms with Crippen LogP contribution in [-0.2, 0) is 20.1 Å². The predicted molar refractivity (Wildman–Crippen MR) is 202 cm³/mol. The van der Waals surface area contributed by atoms with Gasteiger partial charge in [-0.3, -0.25) is 0 Å². The Balaban J connectivity index is 0.000000208. The van der Waals surface area contributed by atoms with E-state index in [0.29, 0.717) is 22.4 Å². The Kier molecular flexibility index (Phi) is 8.40. The summed E-state index contributed by atoms with van der Waals surface area (Å²) in [5, 5.41) is 3.23. The van der Waals surface area contributed by atoms with Crippen molar-refractivity contribution >= 4 is 44.8 Å². The quantitative estimate of drug-likeness (QED) is 0.130. The maximum Gasteiger partial charge on any atom is 0.147 e. The summed E-state index contributed by atoms with van der Waals surface area (Å²) in [6.07, 6.45) is 2.98. The van der Waals surface area contributed by atoms with E-state index in [9.17, 15) is 4.39 Å². The molecule has 0 fully saturated rings. The van der Waals surface area contributed by atoms with Crippen LogP contribution in [-0.4, -0.2) is 18.0 Å². The van der Waals surface area contributed by atoms with Gasteiger partial charge in [-0.15, -0.1) is 59.2 Å². The Morgan fingerprint density at radius 1 is 0.771 bits per heavy atom. The van der Waals surface area contributed by atoms with Crippen molar-refractivity contribution in [3.8, 4) is 33.6 Å². The molecule has 7 aromatic rings. The smallest absolute Gasteiger partial charge is 0.147 e. The number of halogens is 1. The summed E-state index contributed by atoms with van der Waals surface area (Å²) >= 11 is 1.73. The van der Waals surface area contributed by atoms with Crippen LogP contribution < -0.4 is 5.19 Å². The van der Waals surface area contributed by atoms with E-state index in [2.05, 4.69) is 91.1 Å². The molecular formula is C42H39FIrN2SSi-2. The van der Waals surface area contributed by atoms with Crippen molar-refractivity contribution in [2.45, 2.75) is 54.1 Å². The molecule has 0 amide bonds. The standard InChI is InChI=1S/C26H19FNS.C16H20NSi.Ir/c1-15-11-16(2)25(17(3)12-15)21-13-23(28-14-22(21)27)20-9-6-8-19-18-7-4-5-10-24(18)29-26(19)20;1-12-6-8-14(9-7-12)15-10-13(2)16(11-17-15)18(3,4)5;/h4-8,10-14H,1-3H3;6-8,10-11H,1-5H3;/q2*-1;/i;1D3,2D3;. The van der Waals surface area contributed by atoms with E-state index in [-0.39, 0.29) is 31.5 Å². The third kappa shape index (κ3) is 7.28. The molecule has 6 heteroatoms. The summed E-state index contributed by atoms with van der Waals surface area (Å²) in [5.74, 6) is -0.299. The van der Waals surface area contributed by atoms with Crippen molar-refractivity contribution in [1.29, 1.82) is 0 Å². The first kappa shape index (κ1) is 28.1. The molecule has 245 valence electrons. The van der Waals surface area contributed by atoms with E-state index in [0.717, 1.165) is 37.8 Å². The monoisotopic (exact) mass is 849 g/mol. The Bertz CT molecular complexity index is 2450. The van der Waals surface area contributed by atoms with Crippen molar-refractivity contribution in [3.63, 3.8) is 0 Å². The molecule has 3 aromatic heterocycles. The molecule has 1 radical (unpaired) electrons. The minimum atomic E-state index is -2.22. The number of hydrogen-bond acceptors (Lipinski definition) is 3. The molecule has 0 spiro atoms. The number of rotatable bonds is 4. The molecule has 0 aliphatic rings. The Morgan fingerprint density at radius 3 is 2.21 bits per heavy atom. The Labute approximate surface area is 310 Å². The molecule has 0 bridgehead atoms. The van der Waals surface area contributed by atoms with Gasteiger partial charge in [0.2, 0.25) is 0 Å². The molecule has 2 nitrogen and oxygen atoms in total. The van der Waals surface area contributed by atoms with Gasteiger partial charge in [0, 0.05) is 44.8 Å². The van der Waals surface area contributed by atoms with E-state index in [4.69, 9.17) is 8.22 Å². The predicted octanol–water partition coefficient (Wildman–Crippen LogP) is 11.4. The van der Waals surface area contributed by atoms with Gasteiger partial charge < -0.3 is 9.97 Å². The van der Waals surface area contributed by atoms with Crippen LogP contribution in [0.15, 0.2) is 91.3 Å². The number of thiophene rings is 1. The fourth-order valence-corrected chi connectivity index (χ4v) is 8.58. The van der Waals surface area contributed by atoms with Crippen molar-refractivity contribution in [2.24, 2.45) is 0 Å². The summed E-state index contributed by atoms with van der Waals surface area (Å²) in [5.41, 5.74) is 8.12. The van der Waals surface area contributed by atoms with Gasteiger partial charge in [-0.2, -0.15) is 11.3 Å². The number of nitrogens with zero attached hydrogens (tertiary/aromatic N) is 2. The molecule has 7 rings (SSSR count). The fourth-order valence-electron chi connectivity index (χ4n) is 6.04. The number of fused-ring (bicyclic) bond motifs is 3. The largest absolute Gasteiger partial charge is 0.305 e. The van der Waals surface area contributed by atoms with Gasteiger partial charge in [0.15, 0.2) is 0 Å². The Morgan fingerprint density at radius 2 is 1.52 bits per heavy atom. The van der Waals surface area contributed by atoms with Crippen LogP contribution in [0.5, 0.6) is 0 Å². The third-order valence-electron chi connectivity index (χ3n) is 8.20. The third-order valence-corrected chi connectivity index (χ3v) is 11.4. The SMILES string of the molecule is Cc1cc(C)c(-c2cc(-c3[c-]ccc4c3sc3ccccc34)ncc2F)c(C)c1.[2H]C([2H])([2H])c1c[c-]c(-c2cc(C([2H])([2H])[2H])c([Si](C)(C)C)cn2)cc1.[Ir]. The van der Waals surface area contributed by atoms with E-state index >= 15 is 0 Å². The van der Waals surface area contributed by atoms with Crippen molar-refractivity contribution < 1.29 is 32.7 Å². The van der Waals surface area contributed by atoms with Crippen LogP contribution in [0.2, 0.25) is 19.6 Å². The topological polar surface area (TPSA) is 25.8 Å². The maximum atomic E-state index is 14.8. The van der Waals surface area contributed by atoms with Gasteiger partial charge in [-0.05, 0) is 77.0 Å². The first-order chi connectivity index (χ1) is 24.8. The van der Waals surface area contributed by atoms with Gasteiger partial charge in [-0.25, -0.2) is 4.39 Å². The summed E-state index contributed by atoms with van der Waals surface area (Å²) < 4.78 is 62.8. The fraction of sp³-hybridized carbons (Fsp3) is 0.190. The second kappa shape index (κ2) is 14.4.